The average molecular weight is 180 g/mol. The Labute approximate surface area is 78.0 Å². The lowest BCUT2D eigenvalue weighted by atomic mass is 10.0. The van der Waals surface area contributed by atoms with E-state index in [9.17, 15) is 0 Å². The predicted molar refractivity (Wildman–Crippen MR) is 59.4 cm³/mol. The van der Waals surface area contributed by atoms with Gasteiger partial charge >= 0.3 is 0 Å². The Morgan fingerprint density at radius 2 is 1.67 bits per heavy atom. The van der Waals surface area contributed by atoms with E-state index < -0.39 is 8.80 Å². The summed E-state index contributed by atoms with van der Waals surface area (Å²) in [7, 11) is -0.607. The fourth-order valence-corrected chi connectivity index (χ4v) is 3.63. The lowest BCUT2D eigenvalue weighted by molar-refractivity contribution is 0.873. The quantitative estimate of drug-likeness (QED) is 0.542. The maximum Gasteiger partial charge on any atom is 0.0467 e. The van der Waals surface area contributed by atoms with Gasteiger partial charge in [-0.2, -0.15) is 0 Å². The molecule has 0 nitrogen and oxygen atoms in total. The van der Waals surface area contributed by atoms with Crippen LogP contribution in [0.2, 0.25) is 18.1 Å². The van der Waals surface area contributed by atoms with Crippen LogP contribution in [0.5, 0.6) is 0 Å². The Balaban J connectivity index is 3.14. The molecule has 0 saturated carbocycles. The van der Waals surface area contributed by atoms with Gasteiger partial charge in [-0.15, -0.1) is 0 Å². The second kappa shape index (κ2) is 2.88. The van der Waals surface area contributed by atoms with Crippen LogP contribution >= 0.6 is 0 Å². The topological polar surface area (TPSA) is 0 Å². The Morgan fingerprint density at radius 3 is 1.83 bits per heavy atom. The molecule has 0 heterocycles. The standard InChI is InChI=1S/C11H20Si/c1-8-7-11(4,12(5)6)10(3)9(8)2/h7,12H,1-6H3. The molecular weight excluding hydrogens is 160 g/mol. The first-order chi connectivity index (χ1) is 5.39. The molecule has 0 aromatic carbocycles. The lowest BCUT2D eigenvalue weighted by Crippen LogP contribution is -2.21. The summed E-state index contributed by atoms with van der Waals surface area (Å²) in [6, 6.07) is 0. The molecule has 0 aromatic heterocycles. The van der Waals surface area contributed by atoms with Crippen LogP contribution < -0.4 is 0 Å². The van der Waals surface area contributed by atoms with Gasteiger partial charge < -0.3 is 0 Å². The summed E-state index contributed by atoms with van der Waals surface area (Å²) >= 11 is 0. The van der Waals surface area contributed by atoms with Crippen LogP contribution in [0.1, 0.15) is 27.7 Å². The lowest BCUT2D eigenvalue weighted by Gasteiger charge is -2.28. The molecule has 0 bridgehead atoms. The molecule has 0 spiro atoms. The van der Waals surface area contributed by atoms with Gasteiger partial charge in [0.15, 0.2) is 0 Å². The van der Waals surface area contributed by atoms with Crippen LogP contribution in [-0.4, -0.2) is 8.80 Å². The van der Waals surface area contributed by atoms with Gasteiger partial charge in [0.05, 0.1) is 0 Å². The van der Waals surface area contributed by atoms with Crippen molar-refractivity contribution < 1.29 is 0 Å². The van der Waals surface area contributed by atoms with Gasteiger partial charge in [0, 0.05) is 8.80 Å². The first-order valence-electron chi connectivity index (χ1n) is 4.77. The second-order valence-corrected chi connectivity index (χ2v) is 8.02. The third kappa shape index (κ3) is 1.20. The van der Waals surface area contributed by atoms with Crippen molar-refractivity contribution in [3.63, 3.8) is 0 Å². The van der Waals surface area contributed by atoms with Gasteiger partial charge in [-0.1, -0.05) is 37.2 Å². The summed E-state index contributed by atoms with van der Waals surface area (Å²) in [6.45, 7) is 14.1. The van der Waals surface area contributed by atoms with Crippen molar-refractivity contribution in [2.75, 3.05) is 0 Å². The molecular formula is C11H20Si. The van der Waals surface area contributed by atoms with E-state index in [1.807, 2.05) is 0 Å². The highest BCUT2D eigenvalue weighted by molar-refractivity contribution is 6.61. The molecule has 0 N–H and O–H groups in total. The molecule has 0 fully saturated rings. The fourth-order valence-electron chi connectivity index (χ4n) is 1.97. The largest absolute Gasteiger partial charge is 0.0745 e. The minimum atomic E-state index is -0.607. The highest BCUT2D eigenvalue weighted by Gasteiger charge is 2.33. The van der Waals surface area contributed by atoms with Crippen molar-refractivity contribution in [2.45, 2.75) is 45.8 Å². The monoisotopic (exact) mass is 180 g/mol. The molecule has 0 aromatic rings. The minimum Gasteiger partial charge on any atom is -0.0745 e. The zero-order valence-corrected chi connectivity index (χ0v) is 10.3. The van der Waals surface area contributed by atoms with Gasteiger partial charge in [-0.25, -0.2) is 0 Å². The molecule has 1 aliphatic carbocycles. The Bertz CT molecular complexity index is 258. The van der Waals surface area contributed by atoms with E-state index in [2.05, 4.69) is 46.9 Å². The zero-order chi connectivity index (χ0) is 9.52. The summed E-state index contributed by atoms with van der Waals surface area (Å²) in [5, 5.41) is 0.453. The van der Waals surface area contributed by atoms with E-state index >= 15 is 0 Å². The summed E-state index contributed by atoms with van der Waals surface area (Å²) in [6.07, 6.45) is 2.48. The molecule has 0 aliphatic heterocycles. The zero-order valence-electron chi connectivity index (χ0n) is 9.15. The number of hydrogen-bond acceptors (Lipinski definition) is 0. The SMILES string of the molecule is CC1=CC(C)([SiH](C)C)C(C)=C1C. The van der Waals surface area contributed by atoms with Gasteiger partial charge in [-0.05, 0) is 31.4 Å². The van der Waals surface area contributed by atoms with Crippen molar-refractivity contribution in [2.24, 2.45) is 0 Å². The molecule has 12 heavy (non-hydrogen) atoms. The van der Waals surface area contributed by atoms with E-state index in [1.165, 1.54) is 11.1 Å². The summed E-state index contributed by atoms with van der Waals surface area (Å²) in [4.78, 5) is 0. The van der Waals surface area contributed by atoms with Gasteiger partial charge in [0.25, 0.3) is 0 Å². The molecule has 1 rings (SSSR count). The van der Waals surface area contributed by atoms with E-state index in [1.54, 1.807) is 5.57 Å². The van der Waals surface area contributed by atoms with E-state index in [0.717, 1.165) is 0 Å². The predicted octanol–water partition coefficient (Wildman–Crippen LogP) is 3.53. The van der Waals surface area contributed by atoms with Gasteiger partial charge in [0.1, 0.15) is 0 Å². The Kier molecular flexibility index (Phi) is 2.35. The first kappa shape index (κ1) is 9.78. The Morgan fingerprint density at radius 1 is 1.17 bits per heavy atom. The summed E-state index contributed by atoms with van der Waals surface area (Å²) < 4.78 is 0. The Hall–Kier alpha value is -0.303. The van der Waals surface area contributed by atoms with E-state index in [4.69, 9.17) is 0 Å². The molecule has 1 atom stereocenters. The van der Waals surface area contributed by atoms with Crippen molar-refractivity contribution in [1.29, 1.82) is 0 Å². The number of rotatable bonds is 1. The number of allylic oxidation sites excluding steroid dienone is 4. The van der Waals surface area contributed by atoms with Crippen LogP contribution in [0.15, 0.2) is 22.8 Å². The van der Waals surface area contributed by atoms with Gasteiger partial charge in [-0.3, -0.25) is 0 Å². The summed E-state index contributed by atoms with van der Waals surface area (Å²) in [5.41, 5.74) is 4.64. The highest BCUT2D eigenvalue weighted by Crippen LogP contribution is 2.48. The molecule has 1 aliphatic rings. The summed E-state index contributed by atoms with van der Waals surface area (Å²) in [5.74, 6) is 0. The number of hydrogen-bond donors (Lipinski definition) is 0. The van der Waals surface area contributed by atoms with Crippen LogP contribution in [0, 0.1) is 0 Å². The van der Waals surface area contributed by atoms with E-state index in [-0.39, 0.29) is 0 Å². The minimum absolute atomic E-state index is 0.453. The maximum atomic E-state index is 2.48. The third-order valence-electron chi connectivity index (χ3n) is 3.68. The maximum absolute atomic E-state index is 2.48. The van der Waals surface area contributed by atoms with E-state index in [0.29, 0.717) is 5.04 Å². The van der Waals surface area contributed by atoms with Crippen molar-refractivity contribution in [3.05, 3.63) is 22.8 Å². The van der Waals surface area contributed by atoms with Crippen LogP contribution in [0.25, 0.3) is 0 Å². The molecule has 0 radical (unpaired) electrons. The highest BCUT2D eigenvalue weighted by atomic mass is 28.3. The van der Waals surface area contributed by atoms with Gasteiger partial charge in [0.2, 0.25) is 0 Å². The van der Waals surface area contributed by atoms with Crippen molar-refractivity contribution in [1.82, 2.24) is 0 Å². The first-order valence-corrected chi connectivity index (χ1v) is 7.66. The third-order valence-corrected chi connectivity index (χ3v) is 6.68. The average Bonchev–Trinajstić information content (AvgIpc) is 2.17. The van der Waals surface area contributed by atoms with Crippen molar-refractivity contribution >= 4 is 8.80 Å². The molecule has 0 saturated heterocycles. The molecule has 1 heteroatoms. The smallest absolute Gasteiger partial charge is 0.0467 e. The normalized spacial score (nSPS) is 30.1. The molecule has 68 valence electrons. The fraction of sp³-hybridized carbons (Fsp3) is 0.636. The second-order valence-electron chi connectivity index (χ2n) is 4.51. The van der Waals surface area contributed by atoms with Crippen LogP contribution in [0.4, 0.5) is 0 Å². The molecule has 0 amide bonds. The van der Waals surface area contributed by atoms with Crippen LogP contribution in [-0.2, 0) is 0 Å². The van der Waals surface area contributed by atoms with Crippen molar-refractivity contribution in [3.8, 4) is 0 Å². The van der Waals surface area contributed by atoms with Crippen LogP contribution in [0.3, 0.4) is 0 Å². The molecule has 1 unspecified atom stereocenters.